The van der Waals surface area contributed by atoms with Gasteiger partial charge in [0, 0.05) is 49.9 Å². The summed E-state index contributed by atoms with van der Waals surface area (Å²) in [6, 6.07) is 5.10. The van der Waals surface area contributed by atoms with Gasteiger partial charge in [-0.3, -0.25) is 19.8 Å². The fraction of sp³-hybridized carbons (Fsp3) is 0.611. The van der Waals surface area contributed by atoms with Crippen molar-refractivity contribution in [2.75, 3.05) is 44.2 Å². The van der Waals surface area contributed by atoms with Crippen molar-refractivity contribution in [1.82, 2.24) is 9.80 Å². The number of nitro groups is 1. The van der Waals surface area contributed by atoms with Gasteiger partial charge in [-0.25, -0.2) is 0 Å². The molecule has 0 unspecified atom stereocenters. The van der Waals surface area contributed by atoms with Crippen LogP contribution in [0.25, 0.3) is 0 Å². The maximum atomic E-state index is 12.6. The highest BCUT2D eigenvalue weighted by Gasteiger charge is 2.28. The lowest BCUT2D eigenvalue weighted by molar-refractivity contribution is -0.384. The van der Waals surface area contributed by atoms with Crippen molar-refractivity contribution in [1.29, 1.82) is 0 Å². The summed E-state index contributed by atoms with van der Waals surface area (Å²) in [5.41, 5.74) is 0.624. The van der Waals surface area contributed by atoms with Gasteiger partial charge in [-0.05, 0) is 38.3 Å². The molecule has 3 rings (SSSR count). The minimum absolute atomic E-state index is 0.0316. The molecule has 0 bridgehead atoms. The van der Waals surface area contributed by atoms with E-state index in [1.807, 2.05) is 9.80 Å². The van der Waals surface area contributed by atoms with E-state index in [4.69, 9.17) is 11.6 Å². The Hall–Kier alpha value is -1.86. The van der Waals surface area contributed by atoms with Crippen molar-refractivity contribution < 1.29 is 9.72 Å². The summed E-state index contributed by atoms with van der Waals surface area (Å²) < 4.78 is 0. The Bertz CT molecular complexity index is 676. The molecule has 8 heteroatoms. The molecule has 0 aliphatic carbocycles. The maximum Gasteiger partial charge on any atom is 0.294 e. The normalized spacial score (nSPS) is 21.7. The highest BCUT2D eigenvalue weighted by Crippen LogP contribution is 2.31. The second-order valence-electron chi connectivity index (χ2n) is 7.09. The first-order chi connectivity index (χ1) is 12.5. The first-order valence-electron chi connectivity index (χ1n) is 9.16. The Balaban J connectivity index is 1.58. The number of hydrogen-bond donors (Lipinski definition) is 0. The van der Waals surface area contributed by atoms with Crippen LogP contribution < -0.4 is 4.90 Å². The molecular weight excluding hydrogens is 356 g/mol. The molecule has 1 atom stereocenters. The van der Waals surface area contributed by atoms with Gasteiger partial charge in [0.15, 0.2) is 0 Å². The topological polar surface area (TPSA) is 69.9 Å². The number of piperazine rings is 1. The van der Waals surface area contributed by atoms with Crippen molar-refractivity contribution in [3.8, 4) is 0 Å². The SMILES string of the molecule is C[C@H]1CCCCN1C(=O)CN1CCN(c2ccc(Cl)cc2[N+](=O)[O-])CC1. The Morgan fingerprint density at radius 3 is 2.62 bits per heavy atom. The van der Waals surface area contributed by atoms with Gasteiger partial charge in [-0.15, -0.1) is 0 Å². The summed E-state index contributed by atoms with van der Waals surface area (Å²) in [5, 5.41) is 11.7. The molecule has 142 valence electrons. The van der Waals surface area contributed by atoms with Gasteiger partial charge in [0.1, 0.15) is 5.69 Å². The summed E-state index contributed by atoms with van der Waals surface area (Å²) in [5.74, 6) is 0.197. The van der Waals surface area contributed by atoms with E-state index in [0.717, 1.165) is 19.4 Å². The van der Waals surface area contributed by atoms with Crippen molar-refractivity contribution in [2.45, 2.75) is 32.2 Å². The van der Waals surface area contributed by atoms with E-state index in [9.17, 15) is 14.9 Å². The van der Waals surface area contributed by atoms with E-state index in [1.165, 1.54) is 12.5 Å². The van der Waals surface area contributed by atoms with E-state index in [-0.39, 0.29) is 11.6 Å². The fourth-order valence-electron chi connectivity index (χ4n) is 3.81. The van der Waals surface area contributed by atoms with Gasteiger partial charge in [0.2, 0.25) is 5.91 Å². The summed E-state index contributed by atoms with van der Waals surface area (Å²) in [6.45, 7) is 6.16. The number of carbonyl (C=O) groups excluding carboxylic acids is 1. The highest BCUT2D eigenvalue weighted by atomic mass is 35.5. The van der Waals surface area contributed by atoms with Crippen LogP contribution in [0.1, 0.15) is 26.2 Å². The first kappa shape index (κ1) is 18.9. The van der Waals surface area contributed by atoms with Gasteiger partial charge in [0.05, 0.1) is 11.5 Å². The Kier molecular flexibility index (Phi) is 5.98. The zero-order valence-corrected chi connectivity index (χ0v) is 15.8. The maximum absolute atomic E-state index is 12.6. The van der Waals surface area contributed by atoms with Crippen molar-refractivity contribution >= 4 is 28.9 Å². The molecule has 2 aliphatic rings. The summed E-state index contributed by atoms with van der Waals surface area (Å²) in [6.07, 6.45) is 3.37. The van der Waals surface area contributed by atoms with E-state index in [1.54, 1.807) is 12.1 Å². The quantitative estimate of drug-likeness (QED) is 0.593. The van der Waals surface area contributed by atoms with Gasteiger partial charge in [-0.1, -0.05) is 11.6 Å². The lowest BCUT2D eigenvalue weighted by Crippen LogP contribution is -2.52. The van der Waals surface area contributed by atoms with Crippen LogP contribution in [-0.2, 0) is 4.79 Å². The zero-order valence-electron chi connectivity index (χ0n) is 15.1. The number of hydrogen-bond acceptors (Lipinski definition) is 5. The Morgan fingerprint density at radius 2 is 1.96 bits per heavy atom. The minimum atomic E-state index is -0.394. The van der Waals surface area contributed by atoms with E-state index >= 15 is 0 Å². The number of nitro benzene ring substituents is 1. The van der Waals surface area contributed by atoms with Crippen LogP contribution in [0.3, 0.4) is 0 Å². The van der Waals surface area contributed by atoms with Crippen LogP contribution in [-0.4, -0.2) is 65.9 Å². The fourth-order valence-corrected chi connectivity index (χ4v) is 3.97. The van der Waals surface area contributed by atoms with E-state index in [0.29, 0.717) is 49.5 Å². The third kappa shape index (κ3) is 4.27. The second-order valence-corrected chi connectivity index (χ2v) is 7.52. The van der Waals surface area contributed by atoms with E-state index in [2.05, 4.69) is 11.8 Å². The van der Waals surface area contributed by atoms with Crippen LogP contribution in [0.5, 0.6) is 0 Å². The number of likely N-dealkylation sites (tertiary alicyclic amines) is 1. The average Bonchev–Trinajstić information content (AvgIpc) is 2.62. The molecule has 2 fully saturated rings. The minimum Gasteiger partial charge on any atom is -0.363 e. The third-order valence-electron chi connectivity index (χ3n) is 5.33. The molecule has 2 saturated heterocycles. The molecular formula is C18H25ClN4O3. The standard InChI is InChI=1S/C18H25ClN4O3/c1-14-4-2-3-7-22(14)18(24)13-20-8-10-21(11-9-20)16-6-5-15(19)12-17(16)23(25)26/h5-6,12,14H,2-4,7-11,13H2,1H3/t14-/m0/s1. The number of amides is 1. The molecule has 0 aromatic heterocycles. The molecule has 1 aromatic carbocycles. The first-order valence-corrected chi connectivity index (χ1v) is 9.54. The smallest absolute Gasteiger partial charge is 0.294 e. The molecule has 7 nitrogen and oxygen atoms in total. The molecule has 0 N–H and O–H groups in total. The van der Waals surface area contributed by atoms with E-state index < -0.39 is 4.92 Å². The summed E-state index contributed by atoms with van der Waals surface area (Å²) in [7, 11) is 0. The third-order valence-corrected chi connectivity index (χ3v) is 5.56. The molecule has 0 spiro atoms. The highest BCUT2D eigenvalue weighted by molar-refractivity contribution is 6.30. The summed E-state index contributed by atoms with van der Waals surface area (Å²) >= 11 is 5.89. The average molecular weight is 381 g/mol. The van der Waals surface area contributed by atoms with Gasteiger partial charge < -0.3 is 9.80 Å². The lowest BCUT2D eigenvalue weighted by atomic mass is 10.0. The Labute approximate surface area is 158 Å². The van der Waals surface area contributed by atoms with Crippen LogP contribution >= 0.6 is 11.6 Å². The predicted octanol–water partition coefficient (Wildman–Crippen LogP) is 2.77. The molecule has 2 aliphatic heterocycles. The summed E-state index contributed by atoms with van der Waals surface area (Å²) in [4.78, 5) is 29.6. The Morgan fingerprint density at radius 1 is 1.23 bits per heavy atom. The molecule has 0 saturated carbocycles. The number of nitrogens with zero attached hydrogens (tertiary/aromatic N) is 4. The molecule has 26 heavy (non-hydrogen) atoms. The molecule has 1 aromatic rings. The number of halogens is 1. The second kappa shape index (κ2) is 8.22. The number of anilines is 1. The largest absolute Gasteiger partial charge is 0.363 e. The van der Waals surface area contributed by atoms with Crippen LogP contribution in [0.4, 0.5) is 11.4 Å². The monoisotopic (exact) mass is 380 g/mol. The number of benzene rings is 1. The van der Waals surface area contributed by atoms with Crippen LogP contribution in [0, 0.1) is 10.1 Å². The van der Waals surface area contributed by atoms with Gasteiger partial charge >= 0.3 is 0 Å². The van der Waals surface area contributed by atoms with Crippen molar-refractivity contribution in [2.24, 2.45) is 0 Å². The molecule has 1 amide bonds. The van der Waals surface area contributed by atoms with Crippen molar-refractivity contribution in [3.05, 3.63) is 33.3 Å². The van der Waals surface area contributed by atoms with Crippen molar-refractivity contribution in [3.63, 3.8) is 0 Å². The predicted molar refractivity (Wildman–Crippen MR) is 102 cm³/mol. The number of rotatable bonds is 4. The molecule has 2 heterocycles. The zero-order chi connectivity index (χ0) is 18.7. The van der Waals surface area contributed by atoms with Crippen LogP contribution in [0.2, 0.25) is 5.02 Å². The van der Waals surface area contributed by atoms with Gasteiger partial charge in [-0.2, -0.15) is 0 Å². The number of piperidine rings is 1. The van der Waals surface area contributed by atoms with Crippen LogP contribution in [0.15, 0.2) is 18.2 Å². The number of carbonyl (C=O) groups is 1. The molecule has 0 radical (unpaired) electrons. The lowest BCUT2D eigenvalue weighted by Gasteiger charge is -2.38. The van der Waals surface area contributed by atoms with Gasteiger partial charge in [0.25, 0.3) is 5.69 Å².